The number of nitrogens with zero attached hydrogens (tertiary/aromatic N) is 1. The molecular weight excluding hydrogens is 348 g/mol. The fourth-order valence-electron chi connectivity index (χ4n) is 3.06. The van der Waals surface area contributed by atoms with Gasteiger partial charge in [-0.25, -0.2) is 0 Å². The second-order valence-electron chi connectivity index (χ2n) is 6.05. The zero-order valence-corrected chi connectivity index (χ0v) is 14.7. The number of ether oxygens (including phenoxy) is 3. The number of rotatable bonds is 5. The smallest absolute Gasteiger partial charge is 0.262 e. The van der Waals surface area contributed by atoms with Gasteiger partial charge >= 0.3 is 0 Å². The summed E-state index contributed by atoms with van der Waals surface area (Å²) in [7, 11) is 1.57. The quantitative estimate of drug-likeness (QED) is 0.700. The maximum Gasteiger partial charge on any atom is 0.262 e. The molecule has 0 spiro atoms. The molecule has 1 N–H and O–H groups in total. The Morgan fingerprint density at radius 1 is 1.15 bits per heavy atom. The molecule has 7 heteroatoms. The van der Waals surface area contributed by atoms with Gasteiger partial charge in [0.1, 0.15) is 0 Å². The fraction of sp³-hybridized carbons (Fsp3) is 0.200. The van der Waals surface area contributed by atoms with E-state index in [0.717, 1.165) is 0 Å². The van der Waals surface area contributed by atoms with E-state index in [1.54, 1.807) is 55.8 Å². The zero-order chi connectivity index (χ0) is 18.8. The summed E-state index contributed by atoms with van der Waals surface area (Å²) in [5.74, 6) is 0.932. The molecule has 138 valence electrons. The Balaban J connectivity index is 1.85. The van der Waals surface area contributed by atoms with Crippen LogP contribution in [0.4, 0.5) is 0 Å². The van der Waals surface area contributed by atoms with Crippen molar-refractivity contribution in [3.8, 4) is 17.2 Å². The predicted molar refractivity (Wildman–Crippen MR) is 99.9 cm³/mol. The molecule has 0 bridgehead atoms. The van der Waals surface area contributed by atoms with E-state index in [4.69, 9.17) is 14.2 Å². The molecule has 1 aliphatic rings. The van der Waals surface area contributed by atoms with Gasteiger partial charge < -0.3 is 19.5 Å². The molecule has 0 atom stereocenters. The summed E-state index contributed by atoms with van der Waals surface area (Å²) in [6.45, 7) is 0.941. The summed E-state index contributed by atoms with van der Waals surface area (Å²) in [6.07, 6.45) is 1.56. The van der Waals surface area contributed by atoms with Crippen LogP contribution in [0, 0.1) is 0 Å². The summed E-state index contributed by atoms with van der Waals surface area (Å²) >= 11 is 0. The van der Waals surface area contributed by atoms with Crippen LogP contribution in [0.2, 0.25) is 0 Å². The number of hydrogen-bond acceptors (Lipinski definition) is 5. The van der Waals surface area contributed by atoms with Crippen molar-refractivity contribution in [2.45, 2.75) is 0 Å². The highest BCUT2D eigenvalue weighted by Crippen LogP contribution is 2.33. The van der Waals surface area contributed by atoms with Crippen LogP contribution in [-0.2, 0) is 4.74 Å². The van der Waals surface area contributed by atoms with E-state index in [9.17, 15) is 9.59 Å². The van der Waals surface area contributed by atoms with E-state index in [1.165, 1.54) is 4.57 Å². The normalized spacial score (nSPS) is 12.3. The van der Waals surface area contributed by atoms with Gasteiger partial charge in [0.15, 0.2) is 11.5 Å². The Labute approximate surface area is 155 Å². The molecule has 0 radical (unpaired) electrons. The van der Waals surface area contributed by atoms with Crippen LogP contribution in [0.5, 0.6) is 11.5 Å². The molecule has 27 heavy (non-hydrogen) atoms. The number of pyridine rings is 1. The minimum absolute atomic E-state index is 0.151. The van der Waals surface area contributed by atoms with Gasteiger partial charge in [0.25, 0.3) is 11.5 Å². The second kappa shape index (κ2) is 7.13. The number of benzene rings is 2. The number of carbonyl (C=O) groups is 1. The van der Waals surface area contributed by atoms with Crippen LogP contribution in [0.25, 0.3) is 16.5 Å². The third-order valence-electron chi connectivity index (χ3n) is 4.40. The molecule has 4 rings (SSSR count). The summed E-state index contributed by atoms with van der Waals surface area (Å²) in [4.78, 5) is 25.7. The van der Waals surface area contributed by atoms with Crippen LogP contribution in [0.1, 0.15) is 10.4 Å². The Morgan fingerprint density at radius 2 is 1.93 bits per heavy atom. The van der Waals surface area contributed by atoms with Crippen LogP contribution in [0.3, 0.4) is 0 Å². The maximum atomic E-state index is 13.0. The first-order valence-corrected chi connectivity index (χ1v) is 8.50. The molecule has 0 unspecified atom stereocenters. The van der Waals surface area contributed by atoms with Gasteiger partial charge in [0, 0.05) is 36.7 Å². The van der Waals surface area contributed by atoms with E-state index in [1.807, 2.05) is 0 Å². The molecule has 1 aromatic heterocycles. The van der Waals surface area contributed by atoms with Crippen molar-refractivity contribution in [2.75, 3.05) is 27.1 Å². The first kappa shape index (κ1) is 17.1. The topological polar surface area (TPSA) is 78.8 Å². The lowest BCUT2D eigenvalue weighted by molar-refractivity contribution is 0.0938. The number of hydrogen-bond donors (Lipinski definition) is 1. The maximum absolute atomic E-state index is 13.0. The second-order valence-corrected chi connectivity index (χ2v) is 6.05. The third kappa shape index (κ3) is 3.13. The van der Waals surface area contributed by atoms with E-state index in [0.29, 0.717) is 46.7 Å². The van der Waals surface area contributed by atoms with Gasteiger partial charge in [-0.05, 0) is 18.2 Å². The van der Waals surface area contributed by atoms with Crippen LogP contribution < -0.4 is 20.3 Å². The number of carbonyl (C=O) groups excluding carboxylic acids is 1. The van der Waals surface area contributed by atoms with Crippen molar-refractivity contribution < 1.29 is 19.0 Å². The number of fused-ring (bicyclic) bond motifs is 2. The number of amides is 1. The van der Waals surface area contributed by atoms with E-state index >= 15 is 0 Å². The first-order valence-electron chi connectivity index (χ1n) is 8.50. The Morgan fingerprint density at radius 3 is 2.74 bits per heavy atom. The summed E-state index contributed by atoms with van der Waals surface area (Å²) < 4.78 is 17.2. The molecular formula is C20H18N2O5. The van der Waals surface area contributed by atoms with Gasteiger partial charge in [-0.3, -0.25) is 14.2 Å². The monoisotopic (exact) mass is 366 g/mol. The van der Waals surface area contributed by atoms with Crippen LogP contribution >= 0.6 is 0 Å². The Bertz CT molecular complexity index is 1070. The fourth-order valence-corrected chi connectivity index (χ4v) is 3.06. The molecule has 2 aromatic carbocycles. The molecule has 1 amide bonds. The van der Waals surface area contributed by atoms with Crippen molar-refractivity contribution in [3.63, 3.8) is 0 Å². The molecule has 0 saturated carbocycles. The Kier molecular flexibility index (Phi) is 4.52. The van der Waals surface area contributed by atoms with Gasteiger partial charge in [0.2, 0.25) is 6.79 Å². The summed E-state index contributed by atoms with van der Waals surface area (Å²) in [5, 5.41) is 3.88. The lowest BCUT2D eigenvalue weighted by atomic mass is 10.1. The van der Waals surface area contributed by atoms with Crippen molar-refractivity contribution in [3.05, 3.63) is 64.6 Å². The number of aromatic nitrogens is 1. The standard InChI is InChI=1S/C20H18N2O5/c1-25-9-8-21-19(23)16-11-22(20(24)15-5-3-2-4-14(15)16)13-6-7-17-18(10-13)27-12-26-17/h2-7,10-11H,8-9,12H2,1H3,(H,21,23). The number of nitrogens with one attached hydrogen (secondary N) is 1. The average molecular weight is 366 g/mol. The van der Waals surface area contributed by atoms with Gasteiger partial charge in [-0.2, -0.15) is 0 Å². The lowest BCUT2D eigenvalue weighted by Crippen LogP contribution is -2.29. The minimum atomic E-state index is -0.266. The van der Waals surface area contributed by atoms with Crippen LogP contribution in [-0.4, -0.2) is 37.5 Å². The highest BCUT2D eigenvalue weighted by atomic mass is 16.7. The first-order chi connectivity index (χ1) is 13.2. The largest absolute Gasteiger partial charge is 0.454 e. The van der Waals surface area contributed by atoms with Gasteiger partial charge in [0.05, 0.1) is 17.9 Å². The summed E-state index contributed by atoms with van der Waals surface area (Å²) in [5.41, 5.74) is 0.804. The predicted octanol–water partition coefficient (Wildman–Crippen LogP) is 2.10. The molecule has 0 saturated heterocycles. The lowest BCUT2D eigenvalue weighted by Gasteiger charge is -2.13. The molecule has 0 aliphatic carbocycles. The molecule has 7 nitrogen and oxygen atoms in total. The molecule has 3 aromatic rings. The SMILES string of the molecule is COCCNC(=O)c1cn(-c2ccc3c(c2)OCO3)c(=O)c2ccccc12. The Hall–Kier alpha value is -3.32. The third-order valence-corrected chi connectivity index (χ3v) is 4.40. The van der Waals surface area contributed by atoms with Gasteiger partial charge in [-0.15, -0.1) is 0 Å². The van der Waals surface area contributed by atoms with E-state index in [-0.39, 0.29) is 18.3 Å². The molecule has 0 fully saturated rings. The minimum Gasteiger partial charge on any atom is -0.454 e. The van der Waals surface area contributed by atoms with Crippen LogP contribution in [0.15, 0.2) is 53.5 Å². The molecule has 2 heterocycles. The summed E-state index contributed by atoms with van der Waals surface area (Å²) in [6, 6.07) is 12.3. The van der Waals surface area contributed by atoms with E-state index in [2.05, 4.69) is 5.32 Å². The van der Waals surface area contributed by atoms with Crippen molar-refractivity contribution in [1.82, 2.24) is 9.88 Å². The zero-order valence-electron chi connectivity index (χ0n) is 14.7. The highest BCUT2D eigenvalue weighted by molar-refractivity contribution is 6.06. The van der Waals surface area contributed by atoms with Crippen molar-refractivity contribution in [1.29, 1.82) is 0 Å². The van der Waals surface area contributed by atoms with Crippen molar-refractivity contribution >= 4 is 16.7 Å². The van der Waals surface area contributed by atoms with E-state index < -0.39 is 0 Å². The highest BCUT2D eigenvalue weighted by Gasteiger charge is 2.18. The molecule has 1 aliphatic heterocycles. The number of methoxy groups -OCH3 is 1. The van der Waals surface area contributed by atoms with Crippen molar-refractivity contribution in [2.24, 2.45) is 0 Å². The average Bonchev–Trinajstić information content (AvgIpc) is 3.16. The van der Waals surface area contributed by atoms with Gasteiger partial charge in [-0.1, -0.05) is 18.2 Å².